The van der Waals surface area contributed by atoms with E-state index in [1.54, 1.807) is 7.11 Å². The van der Waals surface area contributed by atoms with E-state index in [4.69, 9.17) is 4.74 Å². The molecule has 0 fully saturated rings. The van der Waals surface area contributed by atoms with E-state index in [1.165, 1.54) is 37.7 Å². The Morgan fingerprint density at radius 1 is 1.21 bits per heavy atom. The highest BCUT2D eigenvalue weighted by molar-refractivity contribution is 9.10. The fourth-order valence-electron chi connectivity index (χ4n) is 2.31. The third-order valence-corrected chi connectivity index (χ3v) is 3.99. The molecule has 0 aliphatic heterocycles. The number of hydrogen-bond acceptors (Lipinski definition) is 2. The Labute approximate surface area is 126 Å². The van der Waals surface area contributed by atoms with Gasteiger partial charge in [0.15, 0.2) is 0 Å². The highest BCUT2D eigenvalue weighted by Gasteiger charge is 2.11. The molecule has 0 bridgehead atoms. The predicted molar refractivity (Wildman–Crippen MR) is 85.9 cm³/mol. The minimum absolute atomic E-state index is 0.448. The molecule has 108 valence electrons. The van der Waals surface area contributed by atoms with Crippen molar-refractivity contribution in [1.82, 2.24) is 5.32 Å². The van der Waals surface area contributed by atoms with Crippen LogP contribution in [0.5, 0.6) is 5.75 Å². The smallest absolute Gasteiger partial charge is 0.133 e. The van der Waals surface area contributed by atoms with Crippen LogP contribution in [0.3, 0.4) is 0 Å². The maximum Gasteiger partial charge on any atom is 0.133 e. The van der Waals surface area contributed by atoms with Crippen LogP contribution in [0.1, 0.15) is 57.6 Å². The van der Waals surface area contributed by atoms with Gasteiger partial charge in [-0.15, -0.1) is 0 Å². The monoisotopic (exact) mass is 327 g/mol. The maximum absolute atomic E-state index is 5.29. The van der Waals surface area contributed by atoms with Crippen LogP contribution in [-0.4, -0.2) is 13.7 Å². The normalized spacial score (nSPS) is 12.4. The average molecular weight is 328 g/mol. The highest BCUT2D eigenvalue weighted by atomic mass is 79.9. The van der Waals surface area contributed by atoms with Gasteiger partial charge in [-0.2, -0.15) is 0 Å². The van der Waals surface area contributed by atoms with Gasteiger partial charge in [0.25, 0.3) is 0 Å². The summed E-state index contributed by atoms with van der Waals surface area (Å²) in [6.07, 6.45) is 6.45. The van der Waals surface area contributed by atoms with Crippen LogP contribution in [0.4, 0.5) is 0 Å². The van der Waals surface area contributed by atoms with Gasteiger partial charge in [-0.25, -0.2) is 0 Å². The van der Waals surface area contributed by atoms with Gasteiger partial charge in [0, 0.05) is 6.04 Å². The van der Waals surface area contributed by atoms with Crippen molar-refractivity contribution in [3.63, 3.8) is 0 Å². The molecular weight excluding hydrogens is 302 g/mol. The number of nitrogens with one attached hydrogen (secondary N) is 1. The van der Waals surface area contributed by atoms with Gasteiger partial charge in [-0.1, -0.05) is 45.6 Å². The lowest BCUT2D eigenvalue weighted by Gasteiger charge is -2.19. The quantitative estimate of drug-likeness (QED) is 0.638. The molecule has 0 saturated heterocycles. The molecule has 1 atom stereocenters. The van der Waals surface area contributed by atoms with Crippen molar-refractivity contribution in [3.8, 4) is 5.75 Å². The SMILES string of the molecule is CCCCCCC(NCC)c1ccc(OC)c(Br)c1. The van der Waals surface area contributed by atoms with Gasteiger partial charge in [0.2, 0.25) is 0 Å². The van der Waals surface area contributed by atoms with Gasteiger partial charge in [0.1, 0.15) is 5.75 Å². The third kappa shape index (κ3) is 5.53. The molecule has 0 radical (unpaired) electrons. The number of halogens is 1. The summed E-state index contributed by atoms with van der Waals surface area (Å²) in [5, 5.41) is 3.58. The first-order valence-corrected chi connectivity index (χ1v) is 8.09. The fourth-order valence-corrected chi connectivity index (χ4v) is 2.87. The molecule has 0 spiro atoms. The molecule has 1 rings (SSSR count). The minimum Gasteiger partial charge on any atom is -0.496 e. The molecule has 19 heavy (non-hydrogen) atoms. The fraction of sp³-hybridized carbons (Fsp3) is 0.625. The lowest BCUT2D eigenvalue weighted by Crippen LogP contribution is -2.20. The molecule has 0 aliphatic rings. The predicted octanol–water partition coefficient (Wildman–Crippen LogP) is 5.08. The van der Waals surface area contributed by atoms with E-state index in [0.717, 1.165) is 16.8 Å². The molecule has 1 aromatic carbocycles. The van der Waals surface area contributed by atoms with Gasteiger partial charge in [-0.3, -0.25) is 0 Å². The van der Waals surface area contributed by atoms with E-state index in [2.05, 4.69) is 47.2 Å². The third-order valence-electron chi connectivity index (χ3n) is 3.38. The summed E-state index contributed by atoms with van der Waals surface area (Å²) in [7, 11) is 1.70. The van der Waals surface area contributed by atoms with Gasteiger partial charge in [0.05, 0.1) is 11.6 Å². The highest BCUT2D eigenvalue weighted by Crippen LogP contribution is 2.29. The van der Waals surface area contributed by atoms with Crippen LogP contribution in [0, 0.1) is 0 Å². The second kappa shape index (κ2) is 9.38. The van der Waals surface area contributed by atoms with Crippen molar-refractivity contribution >= 4 is 15.9 Å². The van der Waals surface area contributed by atoms with Crippen LogP contribution in [0.25, 0.3) is 0 Å². The van der Waals surface area contributed by atoms with E-state index in [-0.39, 0.29) is 0 Å². The molecule has 0 heterocycles. The van der Waals surface area contributed by atoms with Crippen molar-refractivity contribution < 1.29 is 4.74 Å². The van der Waals surface area contributed by atoms with E-state index >= 15 is 0 Å². The summed E-state index contributed by atoms with van der Waals surface area (Å²) >= 11 is 3.57. The number of unbranched alkanes of at least 4 members (excludes halogenated alkanes) is 3. The van der Waals surface area contributed by atoms with Gasteiger partial charge < -0.3 is 10.1 Å². The Bertz CT molecular complexity index is 368. The Morgan fingerprint density at radius 2 is 2.00 bits per heavy atom. The average Bonchev–Trinajstić information content (AvgIpc) is 2.42. The van der Waals surface area contributed by atoms with Crippen molar-refractivity contribution in [2.24, 2.45) is 0 Å². The van der Waals surface area contributed by atoms with Crippen molar-refractivity contribution in [1.29, 1.82) is 0 Å². The molecule has 0 amide bonds. The number of rotatable bonds is 9. The number of hydrogen-bond donors (Lipinski definition) is 1. The standard InChI is InChI=1S/C16H26BrNO/c1-4-6-7-8-9-15(18-5-2)13-10-11-16(19-3)14(17)12-13/h10-12,15,18H,4-9H2,1-3H3. The molecule has 2 nitrogen and oxygen atoms in total. The van der Waals surface area contributed by atoms with Crippen LogP contribution >= 0.6 is 15.9 Å². The second-order valence-electron chi connectivity index (χ2n) is 4.85. The zero-order chi connectivity index (χ0) is 14.1. The summed E-state index contributed by atoms with van der Waals surface area (Å²) in [5.41, 5.74) is 1.34. The van der Waals surface area contributed by atoms with Crippen LogP contribution in [0.15, 0.2) is 22.7 Å². The van der Waals surface area contributed by atoms with E-state index < -0.39 is 0 Å². The molecule has 0 aromatic heterocycles. The number of methoxy groups -OCH3 is 1. The minimum atomic E-state index is 0.448. The molecule has 3 heteroatoms. The first-order valence-electron chi connectivity index (χ1n) is 7.29. The Hall–Kier alpha value is -0.540. The summed E-state index contributed by atoms with van der Waals surface area (Å²) in [4.78, 5) is 0. The lowest BCUT2D eigenvalue weighted by molar-refractivity contribution is 0.411. The zero-order valence-electron chi connectivity index (χ0n) is 12.3. The Balaban J connectivity index is 2.66. The van der Waals surface area contributed by atoms with Gasteiger partial charge in [-0.05, 0) is 46.6 Å². The first-order chi connectivity index (χ1) is 9.22. The second-order valence-corrected chi connectivity index (χ2v) is 5.71. The van der Waals surface area contributed by atoms with E-state index in [0.29, 0.717) is 6.04 Å². The number of benzene rings is 1. The van der Waals surface area contributed by atoms with Crippen LogP contribution in [0.2, 0.25) is 0 Å². The molecule has 0 aliphatic carbocycles. The largest absolute Gasteiger partial charge is 0.496 e. The number of ether oxygens (including phenoxy) is 1. The summed E-state index contributed by atoms with van der Waals surface area (Å²) in [6.45, 7) is 5.42. The maximum atomic E-state index is 5.29. The molecular formula is C16H26BrNO. The van der Waals surface area contributed by atoms with Crippen molar-refractivity contribution in [2.75, 3.05) is 13.7 Å². The molecule has 1 aromatic rings. The van der Waals surface area contributed by atoms with Crippen molar-refractivity contribution in [3.05, 3.63) is 28.2 Å². The molecule has 0 saturated carbocycles. The van der Waals surface area contributed by atoms with Crippen molar-refractivity contribution in [2.45, 2.75) is 52.0 Å². The Morgan fingerprint density at radius 3 is 2.58 bits per heavy atom. The summed E-state index contributed by atoms with van der Waals surface area (Å²) in [6, 6.07) is 6.82. The zero-order valence-corrected chi connectivity index (χ0v) is 13.9. The summed E-state index contributed by atoms with van der Waals surface area (Å²) < 4.78 is 6.32. The molecule has 1 unspecified atom stereocenters. The topological polar surface area (TPSA) is 21.3 Å². The van der Waals surface area contributed by atoms with E-state index in [1.807, 2.05) is 6.07 Å². The molecule has 1 N–H and O–H groups in total. The van der Waals surface area contributed by atoms with Gasteiger partial charge >= 0.3 is 0 Å². The summed E-state index contributed by atoms with van der Waals surface area (Å²) in [5.74, 6) is 0.894. The van der Waals surface area contributed by atoms with Crippen LogP contribution in [-0.2, 0) is 0 Å². The Kier molecular flexibility index (Phi) is 8.15. The van der Waals surface area contributed by atoms with E-state index in [9.17, 15) is 0 Å². The first kappa shape index (κ1) is 16.5. The van der Waals surface area contributed by atoms with Crippen LogP contribution < -0.4 is 10.1 Å². The lowest BCUT2D eigenvalue weighted by atomic mass is 10.00.